The molecule has 0 aliphatic carbocycles. The first-order valence-electron chi connectivity index (χ1n) is 9.20. The van der Waals surface area contributed by atoms with Crippen LogP contribution in [0.5, 0.6) is 0 Å². The van der Waals surface area contributed by atoms with Crippen molar-refractivity contribution in [3.05, 3.63) is 0 Å². The van der Waals surface area contributed by atoms with Crippen LogP contribution >= 0.6 is 0 Å². The summed E-state index contributed by atoms with van der Waals surface area (Å²) in [5.74, 6) is -0.102. The van der Waals surface area contributed by atoms with E-state index in [-0.39, 0.29) is 16.9 Å². The van der Waals surface area contributed by atoms with Gasteiger partial charge in [0.2, 0.25) is 0 Å². The molecule has 0 amide bonds. The molecule has 2 radical (unpaired) electrons. The lowest BCUT2D eigenvalue weighted by Gasteiger charge is -2.03. The Morgan fingerprint density at radius 1 is 0.652 bits per heavy atom. The predicted octanol–water partition coefficient (Wildman–Crippen LogP) is 4.23. The van der Waals surface area contributed by atoms with Crippen LogP contribution in [0.2, 0.25) is 0 Å². The molecule has 0 aromatic rings. The molecule has 0 aliphatic rings. The SMILES string of the molecule is CCCCCCCCCCCCCCCCCC(=O)[O][Al].O.O. The Morgan fingerprint density at radius 3 is 1.26 bits per heavy atom. The first-order valence-corrected chi connectivity index (χ1v) is 9.68. The van der Waals surface area contributed by atoms with E-state index in [4.69, 9.17) is 0 Å². The third kappa shape index (κ3) is 24.3. The quantitative estimate of drug-likeness (QED) is 0.309. The second-order valence-corrected chi connectivity index (χ2v) is 6.43. The Labute approximate surface area is 152 Å². The van der Waals surface area contributed by atoms with Gasteiger partial charge in [-0.25, -0.2) is 0 Å². The fourth-order valence-corrected chi connectivity index (χ4v) is 2.82. The van der Waals surface area contributed by atoms with Gasteiger partial charge >= 0.3 is 16.6 Å². The molecule has 138 valence electrons. The van der Waals surface area contributed by atoms with E-state index in [0.717, 1.165) is 12.8 Å². The number of carbonyl (C=O) groups is 1. The highest BCUT2D eigenvalue weighted by Crippen LogP contribution is 2.13. The second-order valence-electron chi connectivity index (χ2n) is 6.19. The van der Waals surface area contributed by atoms with Crippen molar-refractivity contribution in [2.75, 3.05) is 0 Å². The molecule has 4 nitrogen and oxygen atoms in total. The molecule has 4 N–H and O–H groups in total. The van der Waals surface area contributed by atoms with Crippen LogP contribution in [-0.4, -0.2) is 33.5 Å². The average Bonchev–Trinajstić information content (AvgIpc) is 2.50. The van der Waals surface area contributed by atoms with Gasteiger partial charge in [0.15, 0.2) is 0 Å². The Morgan fingerprint density at radius 2 is 0.957 bits per heavy atom. The summed E-state index contributed by atoms with van der Waals surface area (Å²) in [5, 5.41) is 0. The van der Waals surface area contributed by atoms with E-state index in [2.05, 4.69) is 10.7 Å². The monoisotopic (exact) mass is 346 g/mol. The van der Waals surface area contributed by atoms with Crippen LogP contribution in [0.3, 0.4) is 0 Å². The largest absolute Gasteiger partial charge is 0.628 e. The number of hydrogen-bond acceptors (Lipinski definition) is 2. The van der Waals surface area contributed by atoms with Crippen LogP contribution in [0.15, 0.2) is 0 Å². The minimum Gasteiger partial charge on any atom is -0.628 e. The van der Waals surface area contributed by atoms with E-state index < -0.39 is 0 Å². The molecule has 0 aromatic heterocycles. The Bertz CT molecular complexity index is 225. The van der Waals surface area contributed by atoms with Gasteiger partial charge < -0.3 is 14.7 Å². The third-order valence-electron chi connectivity index (χ3n) is 4.12. The molecule has 0 aliphatic heterocycles. The van der Waals surface area contributed by atoms with Crippen LogP contribution in [0.1, 0.15) is 110 Å². The molecule has 0 unspecified atom stereocenters. The van der Waals surface area contributed by atoms with Crippen molar-refractivity contribution in [2.45, 2.75) is 110 Å². The smallest absolute Gasteiger partial charge is 0.484 e. The summed E-state index contributed by atoms with van der Waals surface area (Å²) in [6, 6.07) is 0. The molecular formula is C18H39AlO4. The highest BCUT2D eigenvalue weighted by Gasteiger charge is 1.98. The highest BCUT2D eigenvalue weighted by atomic mass is 27.1. The first kappa shape index (κ1) is 27.8. The summed E-state index contributed by atoms with van der Waals surface area (Å²) in [4.78, 5) is 10.9. The molecule has 23 heavy (non-hydrogen) atoms. The summed E-state index contributed by atoms with van der Waals surface area (Å²) in [5.41, 5.74) is 0. The molecule has 0 aromatic carbocycles. The summed E-state index contributed by atoms with van der Waals surface area (Å²) in [6.07, 6.45) is 20.9. The van der Waals surface area contributed by atoms with Gasteiger partial charge in [0, 0.05) is 6.42 Å². The van der Waals surface area contributed by atoms with E-state index >= 15 is 0 Å². The minimum absolute atomic E-state index is 0. The van der Waals surface area contributed by atoms with Gasteiger partial charge in [-0.15, -0.1) is 0 Å². The molecule has 0 saturated carbocycles. The normalized spacial score (nSPS) is 9.78. The van der Waals surface area contributed by atoms with Gasteiger partial charge in [-0.1, -0.05) is 96.8 Å². The summed E-state index contributed by atoms with van der Waals surface area (Å²) in [6.45, 7) is 2.28. The molecule has 0 rings (SSSR count). The van der Waals surface area contributed by atoms with Gasteiger partial charge in [0.25, 0.3) is 5.97 Å². The van der Waals surface area contributed by atoms with Gasteiger partial charge in [-0.3, -0.25) is 4.79 Å². The average molecular weight is 346 g/mol. The fourth-order valence-electron chi connectivity index (χ4n) is 2.70. The number of unbranched alkanes of at least 4 members (excludes halogenated alkanes) is 14. The lowest BCUT2D eigenvalue weighted by molar-refractivity contribution is -0.134. The van der Waals surface area contributed by atoms with E-state index in [9.17, 15) is 4.79 Å². The van der Waals surface area contributed by atoms with Crippen LogP contribution in [0.25, 0.3) is 0 Å². The summed E-state index contributed by atoms with van der Waals surface area (Å²) in [7, 11) is 0. The molecule has 0 saturated heterocycles. The molecule has 0 heterocycles. The third-order valence-corrected chi connectivity index (χ3v) is 4.38. The van der Waals surface area contributed by atoms with Crippen molar-refractivity contribution in [2.24, 2.45) is 0 Å². The summed E-state index contributed by atoms with van der Waals surface area (Å²) < 4.78 is 4.55. The lowest BCUT2D eigenvalue weighted by Crippen LogP contribution is -2.00. The minimum atomic E-state index is -0.102. The van der Waals surface area contributed by atoms with E-state index in [1.807, 2.05) is 16.6 Å². The van der Waals surface area contributed by atoms with Crippen LogP contribution < -0.4 is 0 Å². The van der Waals surface area contributed by atoms with Gasteiger partial charge in [0.1, 0.15) is 0 Å². The zero-order valence-corrected chi connectivity index (χ0v) is 16.4. The van der Waals surface area contributed by atoms with E-state index in [0.29, 0.717) is 6.42 Å². The molecule has 0 fully saturated rings. The van der Waals surface area contributed by atoms with Crippen molar-refractivity contribution in [3.63, 3.8) is 0 Å². The zero-order valence-electron chi connectivity index (χ0n) is 15.2. The maximum Gasteiger partial charge on any atom is 0.484 e. The second kappa shape index (κ2) is 24.2. The van der Waals surface area contributed by atoms with Gasteiger partial charge in [0.05, 0.1) is 0 Å². The Kier molecular flexibility index (Phi) is 29.2. The van der Waals surface area contributed by atoms with Crippen molar-refractivity contribution in [1.29, 1.82) is 0 Å². The zero-order chi connectivity index (χ0) is 15.6. The Balaban J connectivity index is -0.00000200. The fraction of sp³-hybridized carbons (Fsp3) is 0.944. The number of rotatable bonds is 16. The maximum atomic E-state index is 10.9. The maximum absolute atomic E-state index is 10.9. The van der Waals surface area contributed by atoms with Crippen molar-refractivity contribution in [3.8, 4) is 0 Å². The van der Waals surface area contributed by atoms with E-state index in [1.165, 1.54) is 83.5 Å². The molecule has 0 atom stereocenters. The number of carbonyl (C=O) groups excluding carboxylic acids is 1. The summed E-state index contributed by atoms with van der Waals surface area (Å²) >= 11 is 2.02. The van der Waals surface area contributed by atoms with Crippen molar-refractivity contribution in [1.82, 2.24) is 0 Å². The van der Waals surface area contributed by atoms with E-state index in [1.54, 1.807) is 0 Å². The molecular weight excluding hydrogens is 307 g/mol. The van der Waals surface area contributed by atoms with Crippen LogP contribution in [-0.2, 0) is 8.58 Å². The van der Waals surface area contributed by atoms with Crippen LogP contribution in [0, 0.1) is 0 Å². The number of hydrogen-bond donors (Lipinski definition) is 0. The molecule has 0 bridgehead atoms. The topological polar surface area (TPSA) is 89.3 Å². The van der Waals surface area contributed by atoms with Gasteiger partial charge in [-0.05, 0) is 6.42 Å². The standard InChI is InChI=1S/C18H36O2.Al.2H2O/c1-2-3-4-5-6-7-8-9-10-11-12-13-14-15-16-17-18(19)20;;;/h2-17H2,1H3,(H,19,20);;2*1H2/q;+1;;/p-1. The first-order chi connectivity index (χ1) is 10.3. The lowest BCUT2D eigenvalue weighted by atomic mass is 10.0. The highest BCUT2D eigenvalue weighted by molar-refractivity contribution is 6.05. The van der Waals surface area contributed by atoms with Crippen LogP contribution in [0.4, 0.5) is 0 Å². The van der Waals surface area contributed by atoms with Gasteiger partial charge in [-0.2, -0.15) is 0 Å². The predicted molar refractivity (Wildman–Crippen MR) is 98.6 cm³/mol. The van der Waals surface area contributed by atoms with Crippen molar-refractivity contribution < 1.29 is 19.5 Å². The Hall–Kier alpha value is -0.0775. The molecule has 0 spiro atoms. The van der Waals surface area contributed by atoms with Crippen molar-refractivity contribution >= 4 is 22.6 Å². The molecule has 5 heteroatoms.